The summed E-state index contributed by atoms with van der Waals surface area (Å²) in [5.41, 5.74) is 1.68. The lowest BCUT2D eigenvalue weighted by atomic mass is 9.79. The fourth-order valence-electron chi connectivity index (χ4n) is 6.04. The molecule has 41 heavy (non-hydrogen) atoms. The van der Waals surface area contributed by atoms with Crippen LogP contribution in [-0.2, 0) is 20.9 Å². The van der Waals surface area contributed by atoms with E-state index in [-0.39, 0.29) is 28.7 Å². The van der Waals surface area contributed by atoms with Crippen molar-refractivity contribution in [1.82, 2.24) is 9.80 Å². The highest BCUT2D eigenvalue weighted by Crippen LogP contribution is 2.52. The molecule has 0 bridgehead atoms. The predicted molar refractivity (Wildman–Crippen MR) is 157 cm³/mol. The van der Waals surface area contributed by atoms with E-state index in [1.165, 1.54) is 16.7 Å². The van der Waals surface area contributed by atoms with Crippen molar-refractivity contribution < 1.29 is 29.4 Å². The van der Waals surface area contributed by atoms with Gasteiger partial charge in [-0.25, -0.2) is 4.79 Å². The average Bonchev–Trinajstić information content (AvgIpc) is 3.42. The fraction of sp³-hybridized carbons (Fsp3) is 0.379. The van der Waals surface area contributed by atoms with E-state index in [0.29, 0.717) is 52.0 Å². The molecule has 6 atom stereocenters. The number of nitrogens with zero attached hydrogens (tertiary/aromatic N) is 2. The van der Waals surface area contributed by atoms with E-state index in [2.05, 4.69) is 5.32 Å². The van der Waals surface area contributed by atoms with Crippen LogP contribution in [0.25, 0.3) is 0 Å². The van der Waals surface area contributed by atoms with Crippen LogP contribution in [0.5, 0.6) is 0 Å². The Morgan fingerprint density at radius 2 is 1.98 bits per heavy atom. The average molecular weight is 619 g/mol. The maximum atomic E-state index is 13.6. The Labute approximate surface area is 251 Å². The lowest BCUT2D eigenvalue weighted by Gasteiger charge is -2.46. The van der Waals surface area contributed by atoms with Crippen LogP contribution < -0.4 is 5.32 Å². The second-order valence-electron chi connectivity index (χ2n) is 10.7. The normalized spacial score (nSPS) is 26.5. The number of aliphatic carboxylic acids is 1. The highest BCUT2D eigenvalue weighted by Gasteiger charge is 2.60. The molecule has 0 aromatic heterocycles. The first-order valence-electron chi connectivity index (χ1n) is 13.2. The Morgan fingerprint density at radius 1 is 1.22 bits per heavy atom. The van der Waals surface area contributed by atoms with Gasteiger partial charge in [0.1, 0.15) is 12.0 Å². The Hall–Kier alpha value is -2.89. The number of benzene rings is 2. The summed E-state index contributed by atoms with van der Waals surface area (Å²) in [6.45, 7) is 4.24. The molecule has 3 aliphatic heterocycles. The second-order valence-corrected chi connectivity index (χ2v) is 12.8. The zero-order chi connectivity index (χ0) is 29.6. The minimum absolute atomic E-state index is 0.0414. The van der Waals surface area contributed by atoms with Crippen molar-refractivity contribution >= 4 is 64.7 Å². The van der Waals surface area contributed by atoms with E-state index in [0.717, 1.165) is 5.56 Å². The molecule has 0 saturated carbocycles. The lowest BCUT2D eigenvalue weighted by Crippen LogP contribution is -2.63. The van der Waals surface area contributed by atoms with Gasteiger partial charge in [0.05, 0.1) is 24.1 Å². The number of aliphatic hydroxyl groups is 1. The molecule has 3 N–H and O–H groups in total. The van der Waals surface area contributed by atoms with E-state index in [1.54, 1.807) is 43.3 Å². The molecule has 5 rings (SSSR count). The lowest BCUT2D eigenvalue weighted by molar-refractivity contribution is -0.163. The minimum atomic E-state index is -1.19. The van der Waals surface area contributed by atoms with Gasteiger partial charge in [-0.05, 0) is 43.2 Å². The van der Waals surface area contributed by atoms with Crippen molar-refractivity contribution in [2.24, 2.45) is 11.8 Å². The number of hydrogen-bond donors (Lipinski definition) is 3. The molecule has 9 nitrogen and oxygen atoms in total. The molecule has 216 valence electrons. The van der Waals surface area contributed by atoms with Gasteiger partial charge in [-0.1, -0.05) is 48.3 Å². The second kappa shape index (κ2) is 11.8. The number of aliphatic hydroxyl groups excluding tert-OH is 1. The molecule has 12 heteroatoms. The number of carbonyl (C=O) groups excluding carboxylic acids is 3. The summed E-state index contributed by atoms with van der Waals surface area (Å²) < 4.78 is 0. The zero-order valence-electron chi connectivity index (χ0n) is 22.3. The molecule has 2 aromatic rings. The van der Waals surface area contributed by atoms with Gasteiger partial charge in [-0.2, -0.15) is 0 Å². The van der Waals surface area contributed by atoms with Gasteiger partial charge in [0.2, 0.25) is 11.8 Å². The third-order valence-electron chi connectivity index (χ3n) is 7.95. The zero-order valence-corrected chi connectivity index (χ0v) is 24.6. The van der Waals surface area contributed by atoms with Gasteiger partial charge >= 0.3 is 5.97 Å². The highest BCUT2D eigenvalue weighted by atomic mass is 35.5. The molecule has 3 heterocycles. The Balaban J connectivity index is 1.41. The summed E-state index contributed by atoms with van der Waals surface area (Å²) in [6.07, 6.45) is 0.234. The van der Waals surface area contributed by atoms with Gasteiger partial charge in [-0.15, -0.1) is 11.8 Å². The molecule has 2 saturated heterocycles. The number of β-lactam (4-membered cyclic amide) rings is 1. The number of fused-ring (bicyclic) bond motifs is 1. The maximum absolute atomic E-state index is 13.6. The van der Waals surface area contributed by atoms with Crippen LogP contribution >= 0.6 is 35.0 Å². The van der Waals surface area contributed by atoms with E-state index in [4.69, 9.17) is 23.2 Å². The highest BCUT2D eigenvalue weighted by molar-refractivity contribution is 8.03. The molecule has 2 amide bonds. The van der Waals surface area contributed by atoms with Gasteiger partial charge in [-0.3, -0.25) is 19.3 Å². The number of anilines is 1. The third-order valence-corrected chi connectivity index (χ3v) is 10.0. The number of carbonyl (C=O) groups is 4. The summed E-state index contributed by atoms with van der Waals surface area (Å²) in [7, 11) is 0. The molecule has 2 fully saturated rings. The largest absolute Gasteiger partial charge is 0.477 e. The van der Waals surface area contributed by atoms with Crippen LogP contribution in [0.3, 0.4) is 0 Å². The summed E-state index contributed by atoms with van der Waals surface area (Å²) in [5.74, 6) is -2.76. The Kier molecular flexibility index (Phi) is 8.50. The fourth-order valence-corrected chi connectivity index (χ4v) is 8.06. The number of aldehydes is 1. The standard InChI is InChI=1S/C29H29Cl2N3O6S/c1-14-24-23(15(2)36)28(38)34(24)25(29(39)40)26(14)41-20-10-22(27(37)32-19-5-3-4-16(8-19)13-35)33(12-20)11-17-6-7-18(30)9-21(17)31/h3-9,13-15,20,22-24,36H,10-12H2,1-2H3,(H,32,37)(H,39,40)/t14-,15-,20+,22+,23-,24-/m1/s1. The Bertz CT molecular complexity index is 1450. The maximum Gasteiger partial charge on any atom is 0.353 e. The molecule has 0 spiro atoms. The predicted octanol–water partition coefficient (Wildman–Crippen LogP) is 4.27. The van der Waals surface area contributed by atoms with Crippen LogP contribution in [0.4, 0.5) is 5.69 Å². The van der Waals surface area contributed by atoms with Gasteiger partial charge < -0.3 is 20.4 Å². The van der Waals surface area contributed by atoms with Gasteiger partial charge in [0.15, 0.2) is 0 Å². The number of hydrogen-bond acceptors (Lipinski definition) is 7. The molecule has 0 unspecified atom stereocenters. The number of amides is 2. The van der Waals surface area contributed by atoms with Crippen LogP contribution in [0, 0.1) is 11.8 Å². The molecule has 3 aliphatic rings. The first kappa shape index (κ1) is 29.6. The molecule has 0 aliphatic carbocycles. The van der Waals surface area contributed by atoms with Crippen LogP contribution in [-0.4, -0.2) is 74.1 Å². The quantitative estimate of drug-likeness (QED) is 0.281. The first-order chi connectivity index (χ1) is 19.5. The van der Waals surface area contributed by atoms with Crippen molar-refractivity contribution in [3.05, 3.63) is 74.2 Å². The van der Waals surface area contributed by atoms with Crippen molar-refractivity contribution in [3.63, 3.8) is 0 Å². The summed E-state index contributed by atoms with van der Waals surface area (Å²) in [4.78, 5) is 53.7. The smallest absolute Gasteiger partial charge is 0.353 e. The van der Waals surface area contributed by atoms with Crippen molar-refractivity contribution in [3.8, 4) is 0 Å². The van der Waals surface area contributed by atoms with E-state index in [9.17, 15) is 29.4 Å². The van der Waals surface area contributed by atoms with Crippen LogP contribution in [0.15, 0.2) is 53.1 Å². The van der Waals surface area contributed by atoms with E-state index < -0.39 is 30.1 Å². The van der Waals surface area contributed by atoms with Gasteiger partial charge in [0.25, 0.3) is 0 Å². The number of nitrogens with one attached hydrogen (secondary N) is 1. The topological polar surface area (TPSA) is 127 Å². The molecular weight excluding hydrogens is 589 g/mol. The third kappa shape index (κ3) is 5.63. The SMILES string of the molecule is C[C@@H](O)[C@H]1C(=O)N2C(C(=O)O)=C(S[C@H]3C[C@@H](C(=O)Nc4cccc(C=O)c4)N(Cc4ccc(Cl)cc4Cl)C3)[C@H](C)[C@H]12. The van der Waals surface area contributed by atoms with Crippen LogP contribution in [0.1, 0.15) is 36.2 Å². The van der Waals surface area contributed by atoms with Crippen LogP contribution in [0.2, 0.25) is 10.0 Å². The first-order valence-corrected chi connectivity index (χ1v) is 14.8. The summed E-state index contributed by atoms with van der Waals surface area (Å²) >= 11 is 13.9. The monoisotopic (exact) mass is 617 g/mol. The number of carboxylic acids is 1. The minimum Gasteiger partial charge on any atom is -0.477 e. The molecule has 0 radical (unpaired) electrons. The number of rotatable bonds is 9. The van der Waals surface area contributed by atoms with Crippen molar-refractivity contribution in [1.29, 1.82) is 0 Å². The number of thioether (sulfide) groups is 1. The summed E-state index contributed by atoms with van der Waals surface area (Å²) in [5, 5.41) is 23.9. The number of likely N-dealkylation sites (tertiary alicyclic amines) is 1. The molecular formula is C29H29Cl2N3O6S. The molecule has 2 aromatic carbocycles. The number of carboxylic acid groups (broad SMARTS) is 1. The van der Waals surface area contributed by atoms with Crippen molar-refractivity contribution in [2.45, 2.75) is 50.3 Å². The van der Waals surface area contributed by atoms with Gasteiger partial charge in [0, 0.05) is 50.5 Å². The Morgan fingerprint density at radius 3 is 2.63 bits per heavy atom. The number of halogens is 2. The van der Waals surface area contributed by atoms with E-state index >= 15 is 0 Å². The van der Waals surface area contributed by atoms with E-state index in [1.807, 2.05) is 17.9 Å². The summed E-state index contributed by atoms with van der Waals surface area (Å²) in [6, 6.07) is 10.8. The van der Waals surface area contributed by atoms with Crippen molar-refractivity contribution in [2.75, 3.05) is 11.9 Å².